The lowest BCUT2D eigenvalue weighted by Crippen LogP contribution is -2.26. The van der Waals surface area contributed by atoms with Crippen LogP contribution in [-0.4, -0.2) is 27.3 Å². The maximum absolute atomic E-state index is 13.1. The monoisotopic (exact) mass is 491 g/mol. The van der Waals surface area contributed by atoms with Crippen molar-refractivity contribution in [1.29, 1.82) is 0 Å². The van der Waals surface area contributed by atoms with Crippen LogP contribution >= 0.6 is 0 Å². The number of nitrogens with zero attached hydrogens (tertiary/aromatic N) is 1. The maximum atomic E-state index is 13.1. The number of ether oxygens (including phenoxy) is 1. The number of anilines is 4. The molecular formula is C26H25N3O5S. The molecule has 180 valence electrons. The van der Waals surface area contributed by atoms with Gasteiger partial charge in [0, 0.05) is 17.4 Å². The van der Waals surface area contributed by atoms with Crippen molar-refractivity contribution in [3.8, 4) is 5.75 Å². The van der Waals surface area contributed by atoms with E-state index in [-0.39, 0.29) is 23.1 Å². The predicted octanol–water partition coefficient (Wildman–Crippen LogP) is 4.38. The highest BCUT2D eigenvalue weighted by Crippen LogP contribution is 2.41. The van der Waals surface area contributed by atoms with Gasteiger partial charge in [0.05, 0.1) is 23.4 Å². The smallest absolute Gasteiger partial charge is 0.262 e. The summed E-state index contributed by atoms with van der Waals surface area (Å²) in [5.74, 6) is -0.242. The molecule has 35 heavy (non-hydrogen) atoms. The lowest BCUT2D eigenvalue weighted by Gasteiger charge is -2.26. The summed E-state index contributed by atoms with van der Waals surface area (Å²) in [7, 11) is -2.36. The number of nitrogens with one attached hydrogen (secondary N) is 2. The highest BCUT2D eigenvalue weighted by molar-refractivity contribution is 7.92. The van der Waals surface area contributed by atoms with Crippen LogP contribution in [0.5, 0.6) is 5.75 Å². The Hall–Kier alpha value is -3.85. The van der Waals surface area contributed by atoms with E-state index in [1.54, 1.807) is 36.4 Å². The first kappa shape index (κ1) is 22.9. The second-order valence-electron chi connectivity index (χ2n) is 8.59. The number of aryl methyl sites for hydroxylation is 1. The Labute approximate surface area is 204 Å². The molecule has 2 aliphatic rings. The van der Waals surface area contributed by atoms with Crippen molar-refractivity contribution >= 4 is 44.6 Å². The Bertz CT molecular complexity index is 1420. The molecule has 1 heterocycles. The highest BCUT2D eigenvalue weighted by atomic mass is 32.2. The number of sulfonamides is 1. The second kappa shape index (κ2) is 9.07. The van der Waals surface area contributed by atoms with Crippen LogP contribution in [0.25, 0.3) is 0 Å². The minimum Gasteiger partial charge on any atom is -0.497 e. The van der Waals surface area contributed by atoms with Crippen molar-refractivity contribution in [1.82, 2.24) is 0 Å². The van der Waals surface area contributed by atoms with Gasteiger partial charge in [0.25, 0.3) is 10.0 Å². The average Bonchev–Trinajstić information content (AvgIpc) is 2.99. The molecule has 5 rings (SSSR count). The Balaban J connectivity index is 1.47. The number of methoxy groups -OCH3 is 1. The fraction of sp³-hybridized carbons (Fsp3) is 0.231. The molecule has 0 spiro atoms. The largest absolute Gasteiger partial charge is 0.497 e. The van der Waals surface area contributed by atoms with Gasteiger partial charge < -0.3 is 10.1 Å². The van der Waals surface area contributed by atoms with Gasteiger partial charge in [-0.2, -0.15) is 0 Å². The predicted molar refractivity (Wildman–Crippen MR) is 134 cm³/mol. The zero-order chi connectivity index (χ0) is 24.6. The SMILES string of the molecule is COc1cccc(S(=O)(=O)Nc2ccc(N3C(=O)CC(=O)Nc4c3ccc3c4CCCC3)cc2)c1. The van der Waals surface area contributed by atoms with Crippen LogP contribution in [0.3, 0.4) is 0 Å². The van der Waals surface area contributed by atoms with E-state index < -0.39 is 10.0 Å². The van der Waals surface area contributed by atoms with E-state index in [0.717, 1.165) is 31.2 Å². The van der Waals surface area contributed by atoms with Crippen molar-refractivity contribution < 1.29 is 22.7 Å². The van der Waals surface area contributed by atoms with Crippen molar-refractivity contribution in [2.24, 2.45) is 0 Å². The summed E-state index contributed by atoms with van der Waals surface area (Å²) in [6.07, 6.45) is 3.68. The summed E-state index contributed by atoms with van der Waals surface area (Å²) >= 11 is 0. The Kier molecular flexibility index (Phi) is 5.94. The zero-order valence-electron chi connectivity index (χ0n) is 19.2. The molecule has 0 atom stereocenters. The standard InChI is InChI=1S/C26H25N3O5S/c1-34-20-6-4-7-21(15-20)35(32,33)28-18-10-12-19(13-11-18)29-23-14-9-17-5-2-3-8-22(17)26(23)27-24(30)16-25(29)31/h4,6-7,9-15,28H,2-3,5,8,16H2,1H3,(H,27,30). The summed E-state index contributed by atoms with van der Waals surface area (Å²) in [5.41, 5.74) is 4.51. The molecule has 1 aliphatic carbocycles. The van der Waals surface area contributed by atoms with Crippen molar-refractivity contribution in [2.75, 3.05) is 22.0 Å². The van der Waals surface area contributed by atoms with Gasteiger partial charge in [-0.1, -0.05) is 12.1 Å². The summed E-state index contributed by atoms with van der Waals surface area (Å²) in [4.78, 5) is 27.1. The number of benzene rings is 3. The van der Waals surface area contributed by atoms with Gasteiger partial charge in [-0.05, 0) is 79.3 Å². The van der Waals surface area contributed by atoms with Gasteiger partial charge in [-0.25, -0.2) is 8.42 Å². The molecule has 9 heteroatoms. The number of carbonyl (C=O) groups is 2. The minimum absolute atomic E-state index is 0.0758. The van der Waals surface area contributed by atoms with Crippen molar-refractivity contribution in [3.63, 3.8) is 0 Å². The Morgan fingerprint density at radius 1 is 0.971 bits per heavy atom. The molecular weight excluding hydrogens is 466 g/mol. The molecule has 0 bridgehead atoms. The van der Waals surface area contributed by atoms with Crippen LogP contribution in [0.2, 0.25) is 0 Å². The lowest BCUT2D eigenvalue weighted by atomic mass is 9.89. The maximum Gasteiger partial charge on any atom is 0.262 e. The van der Waals surface area contributed by atoms with Gasteiger partial charge in [-0.15, -0.1) is 0 Å². The van der Waals surface area contributed by atoms with Crippen LogP contribution in [-0.2, 0) is 32.5 Å². The third-order valence-electron chi connectivity index (χ3n) is 6.31. The van der Waals surface area contributed by atoms with E-state index in [0.29, 0.717) is 28.5 Å². The Morgan fingerprint density at radius 2 is 1.74 bits per heavy atom. The molecule has 1 aliphatic heterocycles. The first-order valence-corrected chi connectivity index (χ1v) is 12.9. The van der Waals surface area contributed by atoms with Gasteiger partial charge in [0.15, 0.2) is 0 Å². The Morgan fingerprint density at radius 3 is 2.51 bits per heavy atom. The summed E-state index contributed by atoms with van der Waals surface area (Å²) in [6, 6.07) is 16.6. The van der Waals surface area contributed by atoms with Gasteiger partial charge in [0.1, 0.15) is 12.2 Å². The average molecular weight is 492 g/mol. The van der Waals surface area contributed by atoms with Gasteiger partial charge in [-0.3, -0.25) is 19.2 Å². The first-order valence-electron chi connectivity index (χ1n) is 11.4. The number of fused-ring (bicyclic) bond motifs is 3. The van der Waals surface area contributed by atoms with Crippen LogP contribution < -0.4 is 19.7 Å². The molecule has 2 N–H and O–H groups in total. The quantitative estimate of drug-likeness (QED) is 0.516. The van der Waals surface area contributed by atoms with E-state index in [1.807, 2.05) is 12.1 Å². The molecule has 0 aromatic heterocycles. The molecule has 0 radical (unpaired) electrons. The lowest BCUT2D eigenvalue weighted by molar-refractivity contribution is -0.124. The topological polar surface area (TPSA) is 105 Å². The van der Waals surface area contributed by atoms with Crippen molar-refractivity contribution in [2.45, 2.75) is 37.0 Å². The van der Waals surface area contributed by atoms with Crippen LogP contribution in [0.15, 0.2) is 65.6 Å². The fourth-order valence-electron chi connectivity index (χ4n) is 4.62. The fourth-order valence-corrected chi connectivity index (χ4v) is 5.71. The molecule has 8 nitrogen and oxygen atoms in total. The molecule has 0 saturated carbocycles. The first-order chi connectivity index (χ1) is 16.9. The van der Waals surface area contributed by atoms with E-state index in [2.05, 4.69) is 10.0 Å². The van der Waals surface area contributed by atoms with Gasteiger partial charge >= 0.3 is 0 Å². The van der Waals surface area contributed by atoms with Gasteiger partial charge in [0.2, 0.25) is 11.8 Å². The molecule has 0 fully saturated rings. The van der Waals surface area contributed by atoms with Crippen LogP contribution in [0, 0.1) is 0 Å². The van der Waals surface area contributed by atoms with E-state index in [1.165, 1.54) is 29.7 Å². The third kappa shape index (κ3) is 4.46. The molecule has 3 aromatic rings. The number of amides is 2. The van der Waals surface area contributed by atoms with E-state index in [9.17, 15) is 18.0 Å². The minimum atomic E-state index is -3.83. The number of hydrogen-bond donors (Lipinski definition) is 2. The number of carbonyl (C=O) groups excluding carboxylic acids is 2. The van der Waals surface area contributed by atoms with E-state index in [4.69, 9.17) is 4.74 Å². The summed E-state index contributed by atoms with van der Waals surface area (Å²) in [5, 5.41) is 2.95. The molecule has 0 saturated heterocycles. The second-order valence-corrected chi connectivity index (χ2v) is 10.3. The number of rotatable bonds is 5. The normalized spacial score (nSPS) is 15.5. The molecule has 3 aromatic carbocycles. The highest BCUT2D eigenvalue weighted by Gasteiger charge is 2.30. The summed E-state index contributed by atoms with van der Waals surface area (Å²) < 4.78 is 33.3. The zero-order valence-corrected chi connectivity index (χ0v) is 20.0. The number of hydrogen-bond acceptors (Lipinski definition) is 5. The third-order valence-corrected chi connectivity index (χ3v) is 7.69. The van der Waals surface area contributed by atoms with Crippen molar-refractivity contribution in [3.05, 3.63) is 71.8 Å². The molecule has 0 unspecified atom stereocenters. The van der Waals surface area contributed by atoms with Crippen LogP contribution in [0.4, 0.5) is 22.7 Å². The molecule has 2 amide bonds. The van der Waals surface area contributed by atoms with Crippen LogP contribution in [0.1, 0.15) is 30.4 Å². The van der Waals surface area contributed by atoms with E-state index >= 15 is 0 Å². The summed E-state index contributed by atoms with van der Waals surface area (Å²) in [6.45, 7) is 0.